The van der Waals surface area contributed by atoms with Gasteiger partial charge in [-0.15, -0.1) is 11.8 Å². The largest absolute Gasteiger partial charge is 0.354 e. The van der Waals surface area contributed by atoms with Crippen molar-refractivity contribution in [3.63, 3.8) is 0 Å². The lowest BCUT2D eigenvalue weighted by Crippen LogP contribution is -2.54. The van der Waals surface area contributed by atoms with Gasteiger partial charge in [0.1, 0.15) is 0 Å². The van der Waals surface area contributed by atoms with Crippen LogP contribution in [0.1, 0.15) is 34.3 Å². The highest BCUT2D eigenvalue weighted by atomic mass is 32.2. The zero-order valence-electron chi connectivity index (χ0n) is 18.6. The molecule has 2 fully saturated rings. The molecule has 4 rings (SSSR count). The van der Waals surface area contributed by atoms with Crippen molar-refractivity contribution in [1.29, 1.82) is 0 Å². The monoisotopic (exact) mass is 468 g/mol. The van der Waals surface area contributed by atoms with Crippen LogP contribution in [0.15, 0.2) is 48.5 Å². The van der Waals surface area contributed by atoms with Crippen molar-refractivity contribution in [2.45, 2.75) is 37.1 Å². The minimum Gasteiger partial charge on any atom is -0.354 e. The number of amides is 2. The van der Waals surface area contributed by atoms with E-state index in [1.54, 1.807) is 35.7 Å². The van der Waals surface area contributed by atoms with E-state index in [1.807, 2.05) is 18.2 Å². The number of aryl methyl sites for hydroxylation is 1. The highest BCUT2D eigenvalue weighted by molar-refractivity contribution is 8.01. The maximum absolute atomic E-state index is 12.9. The lowest BCUT2D eigenvalue weighted by Gasteiger charge is -2.39. The van der Waals surface area contributed by atoms with E-state index in [9.17, 15) is 19.7 Å². The fourth-order valence-corrected chi connectivity index (χ4v) is 5.78. The van der Waals surface area contributed by atoms with Crippen molar-refractivity contribution in [3.05, 3.63) is 75.3 Å². The molecule has 9 heteroatoms. The first-order valence-electron chi connectivity index (χ1n) is 11.1. The van der Waals surface area contributed by atoms with Gasteiger partial charge in [0, 0.05) is 42.6 Å². The van der Waals surface area contributed by atoms with Crippen molar-refractivity contribution < 1.29 is 14.5 Å². The Morgan fingerprint density at radius 2 is 1.94 bits per heavy atom. The fraction of sp³-hybridized carbons (Fsp3) is 0.417. The molecule has 1 spiro atoms. The number of likely N-dealkylation sites (tertiary alicyclic amines) is 1. The first-order chi connectivity index (χ1) is 15.9. The summed E-state index contributed by atoms with van der Waals surface area (Å²) in [4.78, 5) is 37.8. The molecule has 2 aromatic carbocycles. The summed E-state index contributed by atoms with van der Waals surface area (Å²) in [5.74, 6) is 0.530. The number of hydrogen-bond donors (Lipinski definition) is 2. The van der Waals surface area contributed by atoms with Gasteiger partial charge in [-0.25, -0.2) is 0 Å². The molecular weight excluding hydrogens is 440 g/mol. The molecule has 0 aliphatic carbocycles. The number of thioether (sulfide) groups is 1. The van der Waals surface area contributed by atoms with Crippen LogP contribution in [0.3, 0.4) is 0 Å². The Balaban J connectivity index is 1.28. The summed E-state index contributed by atoms with van der Waals surface area (Å²) in [5.41, 5.74) is 2.03. The summed E-state index contributed by atoms with van der Waals surface area (Å²) in [6, 6.07) is 14.4. The Hall–Kier alpha value is -2.91. The highest BCUT2D eigenvalue weighted by Gasteiger charge is 2.44. The fourth-order valence-electron chi connectivity index (χ4n) is 4.36. The Kier molecular flexibility index (Phi) is 6.99. The van der Waals surface area contributed by atoms with Gasteiger partial charge >= 0.3 is 0 Å². The first-order valence-corrected chi connectivity index (χ1v) is 12.1. The molecule has 2 aliphatic heterocycles. The molecule has 0 radical (unpaired) electrons. The number of benzene rings is 2. The van der Waals surface area contributed by atoms with Gasteiger partial charge in [-0.3, -0.25) is 25.0 Å². The summed E-state index contributed by atoms with van der Waals surface area (Å²) in [6.07, 6.45) is 2.25. The molecule has 174 valence electrons. The van der Waals surface area contributed by atoms with Crippen LogP contribution in [0.4, 0.5) is 5.69 Å². The summed E-state index contributed by atoms with van der Waals surface area (Å²) in [6.45, 7) is 3.35. The number of nitro groups is 1. The van der Waals surface area contributed by atoms with Gasteiger partial charge in [0.2, 0.25) is 5.91 Å². The summed E-state index contributed by atoms with van der Waals surface area (Å²) >= 11 is 1.75. The molecule has 2 aromatic rings. The normalized spacial score (nSPS) is 19.4. The molecule has 2 aliphatic rings. The van der Waals surface area contributed by atoms with Gasteiger partial charge in [0.25, 0.3) is 11.6 Å². The van der Waals surface area contributed by atoms with Crippen LogP contribution >= 0.6 is 11.8 Å². The Morgan fingerprint density at radius 1 is 1.21 bits per heavy atom. The van der Waals surface area contributed by atoms with Gasteiger partial charge in [-0.2, -0.15) is 0 Å². The van der Waals surface area contributed by atoms with E-state index in [2.05, 4.69) is 22.8 Å². The SMILES string of the molecule is Cc1ccc(C(=O)N2CCC3(CC2)NC(C(=O)NCCc2ccccc2)CS3)cc1[N+](=O)[O-]. The lowest BCUT2D eigenvalue weighted by molar-refractivity contribution is -0.385. The molecule has 1 unspecified atom stereocenters. The maximum Gasteiger partial charge on any atom is 0.273 e. The number of rotatable bonds is 6. The van der Waals surface area contributed by atoms with E-state index in [-0.39, 0.29) is 28.4 Å². The van der Waals surface area contributed by atoms with Crippen molar-refractivity contribution in [2.75, 3.05) is 25.4 Å². The van der Waals surface area contributed by atoms with Crippen LogP contribution < -0.4 is 10.6 Å². The van der Waals surface area contributed by atoms with E-state index in [0.29, 0.717) is 36.5 Å². The number of carbonyl (C=O) groups is 2. The van der Waals surface area contributed by atoms with Gasteiger partial charge in [-0.05, 0) is 37.8 Å². The van der Waals surface area contributed by atoms with Gasteiger partial charge in [0.05, 0.1) is 15.8 Å². The van der Waals surface area contributed by atoms with Crippen LogP contribution in [0, 0.1) is 17.0 Å². The molecule has 2 heterocycles. The van der Waals surface area contributed by atoms with Crippen LogP contribution in [0.2, 0.25) is 0 Å². The maximum atomic E-state index is 12.9. The number of carbonyl (C=O) groups excluding carboxylic acids is 2. The quantitative estimate of drug-likeness (QED) is 0.499. The average Bonchev–Trinajstić information content (AvgIpc) is 3.23. The second kappa shape index (κ2) is 9.93. The summed E-state index contributed by atoms with van der Waals surface area (Å²) in [7, 11) is 0. The zero-order valence-corrected chi connectivity index (χ0v) is 19.4. The molecular formula is C24H28N4O4S. The first kappa shape index (κ1) is 23.3. The summed E-state index contributed by atoms with van der Waals surface area (Å²) < 4.78 is 0. The second-order valence-corrected chi connectivity index (χ2v) is 9.98. The van der Waals surface area contributed by atoms with Crippen LogP contribution in [-0.4, -0.2) is 57.9 Å². The topological polar surface area (TPSA) is 105 Å². The van der Waals surface area contributed by atoms with E-state index >= 15 is 0 Å². The Labute approximate surface area is 197 Å². The Bertz CT molecular complexity index is 1040. The molecule has 0 aromatic heterocycles. The summed E-state index contributed by atoms with van der Waals surface area (Å²) in [5, 5.41) is 17.7. The molecule has 33 heavy (non-hydrogen) atoms. The minimum atomic E-state index is -0.457. The highest BCUT2D eigenvalue weighted by Crippen LogP contribution is 2.39. The van der Waals surface area contributed by atoms with Gasteiger partial charge < -0.3 is 10.2 Å². The number of hydrogen-bond acceptors (Lipinski definition) is 6. The predicted molar refractivity (Wildman–Crippen MR) is 128 cm³/mol. The van der Waals surface area contributed by atoms with Crippen LogP contribution in [0.5, 0.6) is 0 Å². The molecule has 0 saturated carbocycles. The van der Waals surface area contributed by atoms with Crippen LogP contribution in [-0.2, 0) is 11.2 Å². The van der Waals surface area contributed by atoms with Crippen LogP contribution in [0.25, 0.3) is 0 Å². The van der Waals surface area contributed by atoms with E-state index in [0.717, 1.165) is 19.3 Å². The minimum absolute atomic E-state index is 0.0146. The second-order valence-electron chi connectivity index (χ2n) is 8.58. The van der Waals surface area contributed by atoms with Gasteiger partial charge in [-0.1, -0.05) is 36.4 Å². The van der Waals surface area contributed by atoms with Crippen molar-refractivity contribution >= 4 is 29.3 Å². The standard InChI is InChI=1S/C24H28N4O4S/c1-17-7-8-19(15-21(17)28(31)32)23(30)27-13-10-24(11-14-27)26-20(16-33-24)22(29)25-12-9-18-5-3-2-4-6-18/h2-8,15,20,26H,9-14,16H2,1H3,(H,25,29). The van der Waals surface area contributed by atoms with Crippen molar-refractivity contribution in [3.8, 4) is 0 Å². The van der Waals surface area contributed by atoms with E-state index < -0.39 is 4.92 Å². The third-order valence-corrected chi connectivity index (χ3v) is 7.93. The predicted octanol–water partition coefficient (Wildman–Crippen LogP) is 2.90. The molecule has 2 N–H and O–H groups in total. The van der Waals surface area contributed by atoms with Crippen molar-refractivity contribution in [1.82, 2.24) is 15.5 Å². The van der Waals surface area contributed by atoms with Gasteiger partial charge in [0.15, 0.2) is 0 Å². The lowest BCUT2D eigenvalue weighted by atomic mass is 10.0. The average molecular weight is 469 g/mol. The Morgan fingerprint density at radius 3 is 2.64 bits per heavy atom. The number of nitro benzene ring substituents is 1. The smallest absolute Gasteiger partial charge is 0.273 e. The van der Waals surface area contributed by atoms with Crippen molar-refractivity contribution in [2.24, 2.45) is 0 Å². The number of nitrogens with one attached hydrogen (secondary N) is 2. The number of piperidine rings is 1. The molecule has 2 saturated heterocycles. The van der Waals surface area contributed by atoms with E-state index in [4.69, 9.17) is 0 Å². The molecule has 0 bridgehead atoms. The molecule has 8 nitrogen and oxygen atoms in total. The molecule has 1 atom stereocenters. The zero-order chi connectivity index (χ0) is 23.4. The number of nitrogens with zero attached hydrogens (tertiary/aromatic N) is 2. The van der Waals surface area contributed by atoms with E-state index in [1.165, 1.54) is 11.6 Å². The third kappa shape index (κ3) is 5.36. The molecule has 2 amide bonds. The third-order valence-electron chi connectivity index (χ3n) is 6.35.